The number of carbonyl (C=O) groups is 2. The number of fused-ring (bicyclic) bond motifs is 2. The minimum atomic E-state index is -0.157. The van der Waals surface area contributed by atoms with Gasteiger partial charge in [0.05, 0.1) is 11.2 Å². The van der Waals surface area contributed by atoms with Gasteiger partial charge in [-0.2, -0.15) is 0 Å². The zero-order valence-corrected chi connectivity index (χ0v) is 14.5. The average molecular weight is 344 g/mol. The summed E-state index contributed by atoms with van der Waals surface area (Å²) in [7, 11) is 0. The zero-order chi connectivity index (χ0) is 17.9. The van der Waals surface area contributed by atoms with Crippen LogP contribution in [0, 0.1) is 0 Å². The van der Waals surface area contributed by atoms with Gasteiger partial charge in [0.25, 0.3) is 0 Å². The number of amides is 1. The monoisotopic (exact) mass is 344 g/mol. The van der Waals surface area contributed by atoms with E-state index in [-0.39, 0.29) is 24.5 Å². The van der Waals surface area contributed by atoms with Crippen molar-refractivity contribution < 1.29 is 9.59 Å². The van der Waals surface area contributed by atoms with Crippen LogP contribution in [0.1, 0.15) is 40.7 Å². The van der Waals surface area contributed by atoms with Gasteiger partial charge in [-0.25, -0.2) is 0 Å². The van der Waals surface area contributed by atoms with Crippen molar-refractivity contribution in [1.29, 1.82) is 0 Å². The fourth-order valence-electron chi connectivity index (χ4n) is 3.54. The van der Waals surface area contributed by atoms with Crippen LogP contribution in [0.3, 0.4) is 0 Å². The Hall–Kier alpha value is -3.01. The number of benzene rings is 2. The molecule has 26 heavy (non-hydrogen) atoms. The van der Waals surface area contributed by atoms with Crippen LogP contribution in [0.2, 0.25) is 0 Å². The summed E-state index contributed by atoms with van der Waals surface area (Å²) >= 11 is 0. The Morgan fingerprint density at radius 2 is 1.85 bits per heavy atom. The van der Waals surface area contributed by atoms with Crippen LogP contribution in [0.5, 0.6) is 0 Å². The van der Waals surface area contributed by atoms with Crippen LogP contribution < -0.4 is 5.32 Å². The Labute approximate surface area is 152 Å². The smallest absolute Gasteiger partial charge is 0.224 e. The van der Waals surface area contributed by atoms with Gasteiger partial charge >= 0.3 is 0 Å². The predicted molar refractivity (Wildman–Crippen MR) is 102 cm³/mol. The van der Waals surface area contributed by atoms with Gasteiger partial charge in [-0.1, -0.05) is 18.2 Å². The lowest BCUT2D eigenvalue weighted by molar-refractivity contribution is -0.116. The summed E-state index contributed by atoms with van der Waals surface area (Å²) < 4.78 is 0. The number of anilines is 1. The van der Waals surface area contributed by atoms with E-state index in [1.54, 1.807) is 6.20 Å². The van der Waals surface area contributed by atoms with E-state index in [1.165, 1.54) is 11.1 Å². The summed E-state index contributed by atoms with van der Waals surface area (Å²) in [5.41, 5.74) is 4.91. The molecule has 0 radical (unpaired) electrons. The predicted octanol–water partition coefficient (Wildman–Crippen LogP) is 4.33. The van der Waals surface area contributed by atoms with E-state index in [0.717, 1.165) is 35.9 Å². The summed E-state index contributed by atoms with van der Waals surface area (Å²) in [6.07, 6.45) is 5.43. The number of hydrogen-bond donors (Lipinski definition) is 1. The van der Waals surface area contributed by atoms with Crippen LogP contribution in [0.25, 0.3) is 10.9 Å². The largest absolute Gasteiger partial charge is 0.325 e. The topological polar surface area (TPSA) is 59.1 Å². The molecule has 0 spiro atoms. The summed E-state index contributed by atoms with van der Waals surface area (Å²) in [5.74, 6) is -0.134. The van der Waals surface area contributed by atoms with Gasteiger partial charge < -0.3 is 5.32 Å². The van der Waals surface area contributed by atoms with Gasteiger partial charge in [-0.15, -0.1) is 0 Å². The van der Waals surface area contributed by atoms with Gasteiger partial charge in [-0.05, 0) is 60.7 Å². The maximum Gasteiger partial charge on any atom is 0.224 e. The molecule has 0 unspecified atom stereocenters. The number of carbonyl (C=O) groups excluding carboxylic acids is 2. The van der Waals surface area contributed by atoms with E-state index >= 15 is 0 Å². The lowest BCUT2D eigenvalue weighted by Gasteiger charge is -2.08. The van der Waals surface area contributed by atoms with Crippen molar-refractivity contribution in [1.82, 2.24) is 4.98 Å². The van der Waals surface area contributed by atoms with Crippen molar-refractivity contribution in [3.8, 4) is 0 Å². The van der Waals surface area contributed by atoms with E-state index in [2.05, 4.69) is 16.4 Å². The first-order valence-corrected chi connectivity index (χ1v) is 8.99. The van der Waals surface area contributed by atoms with Gasteiger partial charge in [0.2, 0.25) is 5.91 Å². The number of nitrogens with one attached hydrogen (secondary N) is 1. The van der Waals surface area contributed by atoms with E-state index in [0.29, 0.717) is 5.56 Å². The number of pyridine rings is 1. The Morgan fingerprint density at radius 1 is 0.962 bits per heavy atom. The standard InChI is InChI=1S/C22H20N2O2/c25-21(17-10-9-15-4-1-5-16(15)14-17)11-12-22(26)24-20-8-2-7-19-18(20)6-3-13-23-19/h2-3,6-10,13-14H,1,4-5,11-12H2,(H,24,26). The molecule has 0 saturated carbocycles. The van der Waals surface area contributed by atoms with E-state index < -0.39 is 0 Å². The molecule has 1 heterocycles. The third-order valence-corrected chi connectivity index (χ3v) is 4.92. The molecular weight excluding hydrogens is 324 g/mol. The van der Waals surface area contributed by atoms with Crippen molar-refractivity contribution in [2.24, 2.45) is 0 Å². The molecule has 4 nitrogen and oxygen atoms in total. The summed E-state index contributed by atoms with van der Waals surface area (Å²) in [4.78, 5) is 29.0. The molecule has 0 saturated heterocycles. The molecule has 1 N–H and O–H groups in total. The Morgan fingerprint density at radius 3 is 2.77 bits per heavy atom. The molecule has 1 aliphatic carbocycles. The summed E-state index contributed by atoms with van der Waals surface area (Å²) in [6.45, 7) is 0. The summed E-state index contributed by atoms with van der Waals surface area (Å²) in [6, 6.07) is 15.3. The van der Waals surface area contributed by atoms with Crippen molar-refractivity contribution in [2.75, 3.05) is 5.32 Å². The lowest BCUT2D eigenvalue weighted by atomic mass is 10.0. The molecule has 3 aromatic rings. The van der Waals surface area contributed by atoms with Crippen LogP contribution in [-0.2, 0) is 17.6 Å². The number of Topliss-reactive ketones (excluding diaryl/α,β-unsaturated/α-hetero) is 1. The average Bonchev–Trinajstić information content (AvgIpc) is 3.14. The fourth-order valence-corrected chi connectivity index (χ4v) is 3.54. The quantitative estimate of drug-likeness (QED) is 0.701. The summed E-state index contributed by atoms with van der Waals surface area (Å²) in [5, 5.41) is 3.80. The van der Waals surface area contributed by atoms with E-state index in [9.17, 15) is 9.59 Å². The molecule has 1 aliphatic rings. The molecule has 1 amide bonds. The number of aromatic nitrogens is 1. The number of rotatable bonds is 5. The number of hydrogen-bond acceptors (Lipinski definition) is 3. The molecule has 4 heteroatoms. The maximum absolute atomic E-state index is 12.4. The molecule has 0 aliphatic heterocycles. The third kappa shape index (κ3) is 3.36. The number of ketones is 1. The second kappa shape index (κ2) is 7.08. The van der Waals surface area contributed by atoms with Crippen molar-refractivity contribution in [2.45, 2.75) is 32.1 Å². The van der Waals surface area contributed by atoms with Crippen molar-refractivity contribution >= 4 is 28.3 Å². The van der Waals surface area contributed by atoms with Gasteiger partial charge in [0.15, 0.2) is 5.78 Å². The molecule has 4 rings (SSSR count). The molecule has 0 fully saturated rings. The Balaban J connectivity index is 1.40. The highest BCUT2D eigenvalue weighted by molar-refractivity contribution is 6.03. The minimum absolute atomic E-state index is 0.0226. The van der Waals surface area contributed by atoms with Crippen LogP contribution in [-0.4, -0.2) is 16.7 Å². The van der Waals surface area contributed by atoms with Crippen LogP contribution in [0.15, 0.2) is 54.7 Å². The minimum Gasteiger partial charge on any atom is -0.325 e. The molecule has 2 aromatic carbocycles. The molecule has 130 valence electrons. The third-order valence-electron chi connectivity index (χ3n) is 4.92. The van der Waals surface area contributed by atoms with Gasteiger partial charge in [0, 0.05) is 30.0 Å². The first-order chi connectivity index (χ1) is 12.7. The second-order valence-electron chi connectivity index (χ2n) is 6.68. The molecule has 1 aromatic heterocycles. The van der Waals surface area contributed by atoms with E-state index in [1.807, 2.05) is 42.5 Å². The van der Waals surface area contributed by atoms with Gasteiger partial charge in [-0.3, -0.25) is 14.6 Å². The Kier molecular flexibility index (Phi) is 4.48. The second-order valence-corrected chi connectivity index (χ2v) is 6.68. The number of aryl methyl sites for hydroxylation is 2. The first kappa shape index (κ1) is 16.5. The van der Waals surface area contributed by atoms with E-state index in [4.69, 9.17) is 0 Å². The first-order valence-electron chi connectivity index (χ1n) is 8.99. The molecule has 0 bridgehead atoms. The highest BCUT2D eigenvalue weighted by atomic mass is 16.2. The highest BCUT2D eigenvalue weighted by Crippen LogP contribution is 2.24. The molecular formula is C22H20N2O2. The van der Waals surface area contributed by atoms with Crippen LogP contribution in [0.4, 0.5) is 5.69 Å². The zero-order valence-electron chi connectivity index (χ0n) is 14.5. The fraction of sp³-hybridized carbons (Fsp3) is 0.227. The lowest BCUT2D eigenvalue weighted by Crippen LogP contribution is -2.14. The van der Waals surface area contributed by atoms with Crippen LogP contribution >= 0.6 is 0 Å². The molecule has 0 atom stereocenters. The van der Waals surface area contributed by atoms with Gasteiger partial charge in [0.1, 0.15) is 0 Å². The Bertz CT molecular complexity index is 989. The van der Waals surface area contributed by atoms with Crippen molar-refractivity contribution in [3.05, 3.63) is 71.4 Å². The number of nitrogens with zero attached hydrogens (tertiary/aromatic N) is 1. The highest BCUT2D eigenvalue weighted by Gasteiger charge is 2.15. The maximum atomic E-state index is 12.4. The van der Waals surface area contributed by atoms with Crippen molar-refractivity contribution in [3.63, 3.8) is 0 Å². The SMILES string of the molecule is O=C(CCC(=O)c1ccc2c(c1)CCC2)Nc1cccc2ncccc12. The normalized spacial score (nSPS) is 12.8.